The van der Waals surface area contributed by atoms with E-state index in [1.165, 1.54) is 11.0 Å². The van der Waals surface area contributed by atoms with E-state index >= 15 is 0 Å². The lowest BCUT2D eigenvalue weighted by atomic mass is 10.1. The standard InChI is InChI=1S/C12H16N2O4/c1-8-7-10(18-13-8)11(15)14-6-4-2-3-5-9(14)12(16)17/h7,9H,2-6H2,1H3,(H,16,17). The van der Waals surface area contributed by atoms with Gasteiger partial charge in [0.15, 0.2) is 0 Å². The number of aromatic nitrogens is 1. The molecule has 1 aromatic rings. The Balaban J connectivity index is 2.22. The van der Waals surface area contributed by atoms with Crippen molar-refractivity contribution in [3.05, 3.63) is 17.5 Å². The van der Waals surface area contributed by atoms with Gasteiger partial charge in [0.25, 0.3) is 5.91 Å². The second-order valence-corrected chi connectivity index (χ2v) is 4.53. The Kier molecular flexibility index (Phi) is 3.64. The van der Waals surface area contributed by atoms with Gasteiger partial charge in [-0.25, -0.2) is 4.79 Å². The van der Waals surface area contributed by atoms with Crippen molar-refractivity contribution in [2.75, 3.05) is 6.54 Å². The number of aliphatic carboxylic acids is 1. The Hall–Kier alpha value is -1.85. The number of carbonyl (C=O) groups is 2. The highest BCUT2D eigenvalue weighted by molar-refractivity contribution is 5.94. The third-order valence-electron chi connectivity index (χ3n) is 3.14. The van der Waals surface area contributed by atoms with E-state index in [4.69, 9.17) is 4.52 Å². The van der Waals surface area contributed by atoms with Crippen LogP contribution in [0.2, 0.25) is 0 Å². The number of hydrogen-bond donors (Lipinski definition) is 1. The molecule has 0 aromatic carbocycles. The number of likely N-dealkylation sites (tertiary alicyclic amines) is 1. The van der Waals surface area contributed by atoms with Gasteiger partial charge in [0.1, 0.15) is 6.04 Å². The van der Waals surface area contributed by atoms with Crippen LogP contribution in [-0.4, -0.2) is 39.6 Å². The molecule has 6 nitrogen and oxygen atoms in total. The lowest BCUT2D eigenvalue weighted by Crippen LogP contribution is -2.44. The molecule has 2 rings (SSSR count). The quantitative estimate of drug-likeness (QED) is 0.861. The topological polar surface area (TPSA) is 83.6 Å². The average Bonchev–Trinajstić information content (AvgIpc) is 2.63. The average molecular weight is 252 g/mol. The first kappa shape index (κ1) is 12.6. The third kappa shape index (κ3) is 2.52. The largest absolute Gasteiger partial charge is 0.480 e. The Labute approximate surface area is 105 Å². The molecule has 1 aliphatic rings. The van der Waals surface area contributed by atoms with Crippen molar-refractivity contribution in [3.63, 3.8) is 0 Å². The number of rotatable bonds is 2. The highest BCUT2D eigenvalue weighted by atomic mass is 16.5. The molecule has 0 aliphatic carbocycles. The van der Waals surface area contributed by atoms with E-state index in [2.05, 4.69) is 5.16 Å². The van der Waals surface area contributed by atoms with Crippen molar-refractivity contribution >= 4 is 11.9 Å². The summed E-state index contributed by atoms with van der Waals surface area (Å²) in [5.41, 5.74) is 0.611. The molecule has 1 aliphatic heterocycles. The van der Waals surface area contributed by atoms with E-state index in [-0.39, 0.29) is 11.7 Å². The molecule has 2 heterocycles. The molecule has 1 N–H and O–H groups in total. The number of carbonyl (C=O) groups excluding carboxylic acids is 1. The summed E-state index contributed by atoms with van der Waals surface area (Å²) in [4.78, 5) is 24.8. The summed E-state index contributed by atoms with van der Waals surface area (Å²) in [5.74, 6) is -1.23. The number of hydrogen-bond acceptors (Lipinski definition) is 4. The lowest BCUT2D eigenvalue weighted by molar-refractivity contribution is -0.142. The van der Waals surface area contributed by atoms with Crippen LogP contribution in [0.3, 0.4) is 0 Å². The molecule has 18 heavy (non-hydrogen) atoms. The van der Waals surface area contributed by atoms with Crippen LogP contribution < -0.4 is 0 Å². The Morgan fingerprint density at radius 3 is 2.83 bits per heavy atom. The van der Waals surface area contributed by atoms with Crippen LogP contribution in [0.25, 0.3) is 0 Å². The number of aryl methyl sites for hydroxylation is 1. The van der Waals surface area contributed by atoms with Crippen LogP contribution in [0.15, 0.2) is 10.6 Å². The summed E-state index contributed by atoms with van der Waals surface area (Å²) in [6, 6.07) is 0.775. The Bertz CT molecular complexity index is 455. The third-order valence-corrected chi connectivity index (χ3v) is 3.14. The van der Waals surface area contributed by atoms with Gasteiger partial charge in [-0.2, -0.15) is 0 Å². The van der Waals surface area contributed by atoms with Crippen molar-refractivity contribution in [3.8, 4) is 0 Å². The summed E-state index contributed by atoms with van der Waals surface area (Å²) in [7, 11) is 0. The number of nitrogens with zero attached hydrogens (tertiary/aromatic N) is 2. The first-order valence-corrected chi connectivity index (χ1v) is 6.06. The predicted octanol–water partition coefficient (Wildman–Crippen LogP) is 1.45. The van der Waals surface area contributed by atoms with Gasteiger partial charge in [-0.05, 0) is 19.8 Å². The smallest absolute Gasteiger partial charge is 0.326 e. The number of amides is 1. The minimum absolute atomic E-state index is 0.112. The van der Waals surface area contributed by atoms with Crippen molar-refractivity contribution in [2.24, 2.45) is 0 Å². The van der Waals surface area contributed by atoms with Gasteiger partial charge in [0.2, 0.25) is 5.76 Å². The molecule has 1 unspecified atom stereocenters. The van der Waals surface area contributed by atoms with Gasteiger partial charge >= 0.3 is 5.97 Å². The fraction of sp³-hybridized carbons (Fsp3) is 0.583. The van der Waals surface area contributed by atoms with Crippen LogP contribution in [-0.2, 0) is 4.79 Å². The molecule has 1 amide bonds. The molecule has 1 saturated heterocycles. The van der Waals surface area contributed by atoms with Crippen LogP contribution >= 0.6 is 0 Å². The van der Waals surface area contributed by atoms with Crippen LogP contribution in [0.5, 0.6) is 0 Å². The van der Waals surface area contributed by atoms with E-state index in [0.717, 1.165) is 19.3 Å². The lowest BCUT2D eigenvalue weighted by Gasteiger charge is -2.25. The molecule has 98 valence electrons. The molecule has 0 spiro atoms. The maximum atomic E-state index is 12.2. The van der Waals surface area contributed by atoms with Gasteiger partial charge < -0.3 is 14.5 Å². The highest BCUT2D eigenvalue weighted by Crippen LogP contribution is 2.20. The zero-order valence-corrected chi connectivity index (χ0v) is 10.3. The first-order valence-electron chi connectivity index (χ1n) is 6.06. The van der Waals surface area contributed by atoms with Crippen molar-refractivity contribution in [1.82, 2.24) is 10.1 Å². The van der Waals surface area contributed by atoms with Crippen LogP contribution in [0, 0.1) is 6.92 Å². The minimum Gasteiger partial charge on any atom is -0.480 e. The number of carboxylic acids is 1. The highest BCUT2D eigenvalue weighted by Gasteiger charge is 2.32. The van der Waals surface area contributed by atoms with E-state index in [1.807, 2.05) is 0 Å². The zero-order valence-electron chi connectivity index (χ0n) is 10.3. The fourth-order valence-electron chi connectivity index (χ4n) is 2.21. The summed E-state index contributed by atoms with van der Waals surface area (Å²) in [6.07, 6.45) is 3.09. The molecule has 0 bridgehead atoms. The van der Waals surface area contributed by atoms with Gasteiger partial charge in [-0.3, -0.25) is 4.79 Å². The van der Waals surface area contributed by atoms with E-state index in [0.29, 0.717) is 18.7 Å². The Morgan fingerprint density at radius 1 is 1.44 bits per heavy atom. The molecular weight excluding hydrogens is 236 g/mol. The summed E-state index contributed by atoms with van der Waals surface area (Å²) >= 11 is 0. The second kappa shape index (κ2) is 5.20. The van der Waals surface area contributed by atoms with Crippen LogP contribution in [0.4, 0.5) is 0 Å². The van der Waals surface area contributed by atoms with Gasteiger partial charge in [0, 0.05) is 12.6 Å². The molecule has 1 atom stereocenters. The van der Waals surface area contributed by atoms with Crippen molar-refractivity contribution < 1.29 is 19.2 Å². The molecule has 6 heteroatoms. The monoisotopic (exact) mass is 252 g/mol. The minimum atomic E-state index is -0.957. The van der Waals surface area contributed by atoms with E-state index in [1.54, 1.807) is 6.92 Å². The summed E-state index contributed by atoms with van der Waals surface area (Å²) in [5, 5.41) is 12.9. The first-order chi connectivity index (χ1) is 8.59. The second-order valence-electron chi connectivity index (χ2n) is 4.53. The van der Waals surface area contributed by atoms with E-state index < -0.39 is 12.0 Å². The fourth-order valence-corrected chi connectivity index (χ4v) is 2.21. The Morgan fingerprint density at radius 2 is 2.22 bits per heavy atom. The van der Waals surface area contributed by atoms with Crippen molar-refractivity contribution in [2.45, 2.75) is 38.6 Å². The molecule has 1 fully saturated rings. The molecule has 1 aromatic heterocycles. The molecule has 0 saturated carbocycles. The zero-order chi connectivity index (χ0) is 13.1. The summed E-state index contributed by atoms with van der Waals surface area (Å²) in [6.45, 7) is 2.17. The molecular formula is C12H16N2O4. The SMILES string of the molecule is Cc1cc(C(=O)N2CCCCCC2C(=O)O)on1. The normalized spacial score (nSPS) is 20.5. The van der Waals surface area contributed by atoms with Gasteiger partial charge in [-0.1, -0.05) is 18.0 Å². The van der Waals surface area contributed by atoms with Gasteiger partial charge in [-0.15, -0.1) is 0 Å². The summed E-state index contributed by atoms with van der Waals surface area (Å²) < 4.78 is 4.91. The van der Waals surface area contributed by atoms with Crippen molar-refractivity contribution in [1.29, 1.82) is 0 Å². The van der Waals surface area contributed by atoms with Crippen LogP contribution in [0.1, 0.15) is 41.9 Å². The molecule has 0 radical (unpaired) electrons. The van der Waals surface area contributed by atoms with E-state index in [9.17, 15) is 14.7 Å². The predicted molar refractivity (Wildman–Crippen MR) is 62.2 cm³/mol. The maximum absolute atomic E-state index is 12.2. The number of carboxylic acid groups (broad SMARTS) is 1. The van der Waals surface area contributed by atoms with Gasteiger partial charge in [0.05, 0.1) is 5.69 Å². The maximum Gasteiger partial charge on any atom is 0.326 e.